The Morgan fingerprint density at radius 2 is 1.54 bits per heavy atom. The van der Waals surface area contributed by atoms with Gasteiger partial charge < -0.3 is 41.6 Å². The number of carbonyl (C=O) groups excluding carboxylic acids is 1. The van der Waals surface area contributed by atoms with Crippen molar-refractivity contribution in [1.82, 2.24) is 19.9 Å². The average molecular weight is 838 g/mol. The number of pyridine rings is 1. The number of primary amides is 1. The lowest BCUT2D eigenvalue weighted by Crippen LogP contribution is -2.33. The van der Waals surface area contributed by atoms with E-state index >= 15 is 4.39 Å². The second kappa shape index (κ2) is 19.3. The van der Waals surface area contributed by atoms with Gasteiger partial charge in [-0.2, -0.15) is 26.3 Å². The van der Waals surface area contributed by atoms with Crippen LogP contribution in [-0.2, 0) is 16.0 Å². The number of amides is 1. The SMILES string of the molecule is CCc1cc(OCC(C)(C)CN(C)C)c(F)c(C(Nc2ccc3c(N)nccc3c2)c2ncc(-c3ccccc3C(N)=O)[nH]2)c1.O=C(O)C(F)(F)F.O=C(O)C(F)(F)F. The topological polar surface area (TPSA) is 210 Å². The van der Waals surface area contributed by atoms with E-state index in [2.05, 4.69) is 39.0 Å². The van der Waals surface area contributed by atoms with E-state index in [4.69, 9.17) is 36.0 Å². The molecule has 20 heteroatoms. The smallest absolute Gasteiger partial charge is 0.490 e. The summed E-state index contributed by atoms with van der Waals surface area (Å²) in [6.07, 6.45) is -6.21. The molecule has 1 amide bonds. The van der Waals surface area contributed by atoms with E-state index in [-0.39, 0.29) is 11.2 Å². The number of aryl methyl sites for hydroxylation is 1. The number of halogens is 7. The molecule has 0 spiro atoms. The molecular formula is C39H42F7N7O6. The normalized spacial score (nSPS) is 12.2. The molecule has 59 heavy (non-hydrogen) atoms. The molecule has 3 aromatic carbocycles. The van der Waals surface area contributed by atoms with Crippen molar-refractivity contribution in [2.24, 2.45) is 11.1 Å². The quantitative estimate of drug-likeness (QED) is 0.0680. The number of hydrogen-bond donors (Lipinski definition) is 6. The van der Waals surface area contributed by atoms with Gasteiger partial charge in [0.2, 0.25) is 5.91 Å². The number of carbonyl (C=O) groups is 3. The number of nitrogens with one attached hydrogen (secondary N) is 2. The Kier molecular flexibility index (Phi) is 15.4. The van der Waals surface area contributed by atoms with Crippen molar-refractivity contribution in [3.8, 4) is 17.0 Å². The number of carboxylic acids is 2. The highest BCUT2D eigenvalue weighted by atomic mass is 19.4. The Morgan fingerprint density at radius 1 is 0.932 bits per heavy atom. The van der Waals surface area contributed by atoms with E-state index < -0.39 is 42.1 Å². The zero-order chi connectivity index (χ0) is 44.5. The van der Waals surface area contributed by atoms with Crippen LogP contribution in [0.25, 0.3) is 22.0 Å². The van der Waals surface area contributed by atoms with E-state index in [1.54, 1.807) is 36.7 Å². The number of imidazole rings is 1. The van der Waals surface area contributed by atoms with Crippen LogP contribution in [0.5, 0.6) is 5.75 Å². The van der Waals surface area contributed by atoms with Crippen LogP contribution in [0.2, 0.25) is 0 Å². The molecule has 0 aliphatic rings. The van der Waals surface area contributed by atoms with Crippen molar-refractivity contribution < 1.29 is 60.1 Å². The molecule has 2 heterocycles. The highest BCUT2D eigenvalue weighted by Gasteiger charge is 2.39. The van der Waals surface area contributed by atoms with E-state index in [9.17, 15) is 31.1 Å². The first-order valence-electron chi connectivity index (χ1n) is 17.4. The number of aromatic amines is 1. The van der Waals surface area contributed by atoms with Crippen LogP contribution in [0.3, 0.4) is 0 Å². The van der Waals surface area contributed by atoms with Crippen LogP contribution in [0.4, 0.5) is 42.2 Å². The fourth-order valence-electron chi connectivity index (χ4n) is 5.68. The summed E-state index contributed by atoms with van der Waals surface area (Å²) in [5.74, 6) is -5.48. The fraction of sp³-hybridized carbons (Fsp3) is 0.308. The van der Waals surface area contributed by atoms with Gasteiger partial charge in [-0.15, -0.1) is 0 Å². The molecule has 8 N–H and O–H groups in total. The maximum Gasteiger partial charge on any atom is 0.490 e. The average Bonchev–Trinajstić information content (AvgIpc) is 3.63. The Balaban J connectivity index is 0.000000569. The summed E-state index contributed by atoms with van der Waals surface area (Å²) >= 11 is 0. The summed E-state index contributed by atoms with van der Waals surface area (Å²) in [4.78, 5) is 44.2. The molecule has 0 fully saturated rings. The first kappa shape index (κ1) is 46.9. The third-order valence-electron chi connectivity index (χ3n) is 8.15. The van der Waals surface area contributed by atoms with Crippen molar-refractivity contribution in [1.29, 1.82) is 0 Å². The van der Waals surface area contributed by atoms with Gasteiger partial charge >= 0.3 is 24.3 Å². The lowest BCUT2D eigenvalue weighted by molar-refractivity contribution is -0.193. The number of hydrogen-bond acceptors (Lipinski definition) is 9. The first-order chi connectivity index (χ1) is 27.3. The van der Waals surface area contributed by atoms with Crippen LogP contribution in [-0.4, -0.2) is 87.5 Å². The largest absolute Gasteiger partial charge is 0.490 e. The molecule has 1 atom stereocenters. The van der Waals surface area contributed by atoms with Crippen molar-refractivity contribution >= 4 is 40.1 Å². The minimum Gasteiger partial charge on any atom is -0.490 e. The van der Waals surface area contributed by atoms with Gasteiger partial charge in [-0.3, -0.25) is 4.79 Å². The lowest BCUT2D eigenvalue weighted by atomic mass is 9.94. The third kappa shape index (κ3) is 13.3. The van der Waals surface area contributed by atoms with Gasteiger partial charge in [0.1, 0.15) is 17.7 Å². The molecular weight excluding hydrogens is 795 g/mol. The summed E-state index contributed by atoms with van der Waals surface area (Å²) < 4.78 is 86.2. The maximum atomic E-state index is 16.6. The summed E-state index contributed by atoms with van der Waals surface area (Å²) in [6.45, 7) is 7.32. The number of aliphatic carboxylic acids is 2. The third-order valence-corrected chi connectivity index (χ3v) is 8.15. The zero-order valence-corrected chi connectivity index (χ0v) is 32.3. The Labute approximate surface area is 333 Å². The predicted molar refractivity (Wildman–Crippen MR) is 205 cm³/mol. The number of ether oxygens (including phenoxy) is 1. The minimum atomic E-state index is -5.08. The molecule has 5 rings (SSSR count). The van der Waals surface area contributed by atoms with Gasteiger partial charge in [-0.25, -0.2) is 23.9 Å². The molecule has 2 aromatic heterocycles. The molecule has 0 radical (unpaired) electrons. The van der Waals surface area contributed by atoms with Crippen molar-refractivity contribution in [2.75, 3.05) is 38.3 Å². The number of aromatic nitrogens is 3. The molecule has 0 bridgehead atoms. The minimum absolute atomic E-state index is 0.186. The highest BCUT2D eigenvalue weighted by Crippen LogP contribution is 2.36. The number of alkyl halides is 6. The highest BCUT2D eigenvalue weighted by molar-refractivity contribution is 5.99. The molecule has 0 saturated heterocycles. The number of nitrogens with zero attached hydrogens (tertiary/aromatic N) is 3. The van der Waals surface area contributed by atoms with E-state index in [1.807, 2.05) is 57.4 Å². The van der Waals surface area contributed by atoms with Gasteiger partial charge in [0.05, 0.1) is 18.5 Å². The molecule has 318 valence electrons. The number of carboxylic acid groups (broad SMARTS) is 2. The monoisotopic (exact) mass is 837 g/mol. The summed E-state index contributed by atoms with van der Waals surface area (Å²) in [6, 6.07) is 17.5. The number of fused-ring (bicyclic) bond motifs is 1. The number of rotatable bonds is 12. The number of nitrogens with two attached hydrogens (primary N) is 2. The van der Waals surface area contributed by atoms with Crippen LogP contribution in [0, 0.1) is 11.2 Å². The maximum absolute atomic E-state index is 16.6. The zero-order valence-electron chi connectivity index (χ0n) is 32.3. The lowest BCUT2D eigenvalue weighted by Gasteiger charge is -2.29. The van der Waals surface area contributed by atoms with Gasteiger partial charge in [0.15, 0.2) is 11.6 Å². The van der Waals surface area contributed by atoms with Crippen LogP contribution in [0.1, 0.15) is 54.1 Å². The second-order valence-corrected chi connectivity index (χ2v) is 13.9. The summed E-state index contributed by atoms with van der Waals surface area (Å²) in [5, 5.41) is 19.4. The van der Waals surface area contributed by atoms with Gasteiger partial charge in [-0.05, 0) is 67.9 Å². The summed E-state index contributed by atoms with van der Waals surface area (Å²) in [5.41, 5.74) is 15.1. The molecule has 1 unspecified atom stereocenters. The fourth-order valence-corrected chi connectivity index (χ4v) is 5.68. The van der Waals surface area contributed by atoms with Crippen LogP contribution >= 0.6 is 0 Å². The molecule has 0 aliphatic carbocycles. The number of H-pyrrole nitrogens is 1. The van der Waals surface area contributed by atoms with Crippen LogP contribution < -0.4 is 21.5 Å². The van der Waals surface area contributed by atoms with E-state index in [0.29, 0.717) is 47.1 Å². The number of benzene rings is 3. The molecule has 0 aliphatic heterocycles. The summed E-state index contributed by atoms with van der Waals surface area (Å²) in [7, 11) is 4.01. The van der Waals surface area contributed by atoms with Crippen molar-refractivity contribution in [2.45, 2.75) is 45.6 Å². The van der Waals surface area contributed by atoms with Crippen LogP contribution in [0.15, 0.2) is 73.1 Å². The Morgan fingerprint density at radius 3 is 2.10 bits per heavy atom. The predicted octanol–water partition coefficient (Wildman–Crippen LogP) is 7.44. The van der Waals surface area contributed by atoms with Crippen molar-refractivity contribution in [3.05, 3.63) is 101 Å². The Hall–Kier alpha value is -6.44. The van der Waals surface area contributed by atoms with Gasteiger partial charge in [0.25, 0.3) is 0 Å². The van der Waals surface area contributed by atoms with Gasteiger partial charge in [0, 0.05) is 45.9 Å². The first-order valence-corrected chi connectivity index (χ1v) is 17.4. The Bertz CT molecular complexity index is 2240. The number of nitrogen functional groups attached to an aromatic ring is 1. The van der Waals surface area contributed by atoms with Gasteiger partial charge in [-0.1, -0.05) is 45.0 Å². The molecule has 0 saturated carbocycles. The standard InChI is InChI=1S/C35H40FN7O2.2C2HF3O2/c1-6-21-15-27(30(36)29(16-21)45-20-35(2,3)19-43(4)5)31(41-23-11-12-24-22(17-23)13-14-39-32(24)37)34-40-18-28(42-34)25-9-7-8-10-26(25)33(38)44;2*3-2(4,5)1(6)7/h7-18,31,41H,6,19-20H2,1-5H3,(H2,37,39)(H2,38,44)(H,40,42);2*(H,6,7). The van der Waals surface area contributed by atoms with E-state index in [0.717, 1.165) is 28.6 Å². The molecule has 13 nitrogen and oxygen atoms in total. The van der Waals surface area contributed by atoms with Crippen molar-refractivity contribution in [3.63, 3.8) is 0 Å². The van der Waals surface area contributed by atoms with E-state index in [1.165, 1.54) is 0 Å². The number of anilines is 2. The second-order valence-electron chi connectivity index (χ2n) is 13.9. The molecule has 5 aromatic rings.